The first kappa shape index (κ1) is 36.7. The molecule has 0 aromatic heterocycles. The van der Waals surface area contributed by atoms with Crippen molar-refractivity contribution in [2.45, 2.75) is 48.3 Å². The molecule has 2 N–H and O–H groups in total. The van der Waals surface area contributed by atoms with E-state index in [0.717, 1.165) is 12.8 Å². The van der Waals surface area contributed by atoms with E-state index >= 15 is 0 Å². The Kier molecular flexibility index (Phi) is 9.03. The van der Waals surface area contributed by atoms with Crippen LogP contribution in [-0.4, -0.2) is 23.4 Å². The molecule has 0 bridgehead atoms. The van der Waals surface area contributed by atoms with Gasteiger partial charge in [0.1, 0.15) is 0 Å². The molecule has 60 heavy (non-hydrogen) atoms. The zero-order valence-electron chi connectivity index (χ0n) is 33.8. The largest absolute Gasteiger partial charge is 0.395 e. The summed E-state index contributed by atoms with van der Waals surface area (Å²) >= 11 is 0. The summed E-state index contributed by atoms with van der Waals surface area (Å²) in [4.78, 5) is 0. The molecule has 0 radical (unpaired) electrons. The van der Waals surface area contributed by atoms with Crippen LogP contribution in [0.1, 0.15) is 82.0 Å². The molecule has 0 heterocycles. The van der Waals surface area contributed by atoms with E-state index < -0.39 is 10.8 Å². The predicted molar refractivity (Wildman–Crippen MR) is 245 cm³/mol. The number of hydrogen-bond acceptors (Lipinski definition) is 2. The standard InChI is InChI=1S/C30H26O2.C28H22/c31-19-29(25-13-5-1-9-21(25)22-10-2-6-14-26(22)29)17-18-30(20-32)27-15-7-3-11-23(27)24-12-4-8-16-28(24)30;1-5-13-23-19(9-1)20-10-2-6-14-24(20)27(23)17-18-28-25-15-7-3-11-21(25)22-12-4-8-16-26(22)28/h1-16,31-32H,17-20H2;1-16,27-28H,17-18H2. The Morgan fingerprint density at radius 3 is 0.750 bits per heavy atom. The number of rotatable bonds is 8. The van der Waals surface area contributed by atoms with Gasteiger partial charge in [-0.2, -0.15) is 0 Å². The van der Waals surface area contributed by atoms with Crippen molar-refractivity contribution in [1.82, 2.24) is 0 Å². The van der Waals surface area contributed by atoms with Crippen LogP contribution >= 0.6 is 0 Å². The van der Waals surface area contributed by atoms with Gasteiger partial charge in [0.2, 0.25) is 0 Å². The van der Waals surface area contributed by atoms with Gasteiger partial charge in [-0.1, -0.05) is 194 Å². The summed E-state index contributed by atoms with van der Waals surface area (Å²) in [6, 6.07) is 69.7. The van der Waals surface area contributed by atoms with Gasteiger partial charge in [-0.25, -0.2) is 0 Å². The van der Waals surface area contributed by atoms with E-state index in [0.29, 0.717) is 11.8 Å². The Morgan fingerprint density at radius 2 is 0.500 bits per heavy atom. The van der Waals surface area contributed by atoms with Crippen molar-refractivity contribution < 1.29 is 10.2 Å². The number of aliphatic hydroxyl groups excluding tert-OH is 2. The number of hydrogen-bond donors (Lipinski definition) is 2. The minimum atomic E-state index is -0.470. The second-order valence-electron chi connectivity index (χ2n) is 17.2. The lowest BCUT2D eigenvalue weighted by molar-refractivity contribution is 0.177. The highest BCUT2D eigenvalue weighted by Gasteiger charge is 2.48. The van der Waals surface area contributed by atoms with Crippen LogP contribution in [0.5, 0.6) is 0 Å². The number of fused-ring (bicyclic) bond motifs is 12. The van der Waals surface area contributed by atoms with Gasteiger partial charge in [0, 0.05) is 22.7 Å². The smallest absolute Gasteiger partial charge is 0.0569 e. The minimum absolute atomic E-state index is 0.0474. The Bertz CT molecular complexity index is 2520. The van der Waals surface area contributed by atoms with E-state index in [-0.39, 0.29) is 13.2 Å². The molecule has 0 unspecified atom stereocenters. The molecule has 0 aliphatic heterocycles. The van der Waals surface area contributed by atoms with E-state index in [2.05, 4.69) is 194 Å². The highest BCUT2D eigenvalue weighted by Crippen LogP contribution is 2.56. The van der Waals surface area contributed by atoms with Crippen molar-refractivity contribution in [3.05, 3.63) is 239 Å². The molecule has 0 saturated carbocycles. The van der Waals surface area contributed by atoms with E-state index in [9.17, 15) is 10.2 Å². The summed E-state index contributed by atoms with van der Waals surface area (Å²) in [6.45, 7) is 0.0949. The van der Waals surface area contributed by atoms with Crippen molar-refractivity contribution in [2.75, 3.05) is 13.2 Å². The fourth-order valence-corrected chi connectivity index (χ4v) is 11.8. The maximum absolute atomic E-state index is 10.9. The number of aliphatic hydroxyl groups is 2. The maximum atomic E-state index is 10.9. The van der Waals surface area contributed by atoms with Crippen molar-refractivity contribution in [1.29, 1.82) is 0 Å². The maximum Gasteiger partial charge on any atom is 0.0569 e. The average Bonchev–Trinajstić information content (AvgIpc) is 4.01. The van der Waals surface area contributed by atoms with Gasteiger partial charge < -0.3 is 10.2 Å². The first-order chi connectivity index (χ1) is 29.7. The van der Waals surface area contributed by atoms with Gasteiger partial charge >= 0.3 is 0 Å². The van der Waals surface area contributed by atoms with Crippen LogP contribution in [-0.2, 0) is 10.8 Å². The first-order valence-electron chi connectivity index (χ1n) is 21.6. The van der Waals surface area contributed by atoms with Crippen molar-refractivity contribution in [2.24, 2.45) is 0 Å². The van der Waals surface area contributed by atoms with Crippen LogP contribution in [0.15, 0.2) is 194 Å². The number of benzene rings is 8. The topological polar surface area (TPSA) is 40.5 Å². The van der Waals surface area contributed by atoms with E-state index in [1.807, 2.05) is 0 Å². The zero-order valence-corrected chi connectivity index (χ0v) is 33.8. The Hall–Kier alpha value is -6.32. The lowest BCUT2D eigenvalue weighted by Crippen LogP contribution is -2.36. The Balaban J connectivity index is 0.000000137. The van der Waals surface area contributed by atoms with Gasteiger partial charge in [0.15, 0.2) is 0 Å². The third-order valence-corrected chi connectivity index (χ3v) is 14.5. The molecule has 292 valence electrons. The molecule has 2 heteroatoms. The molecule has 4 aliphatic rings. The normalized spacial score (nSPS) is 15.4. The van der Waals surface area contributed by atoms with Gasteiger partial charge in [-0.05, 0) is 115 Å². The third-order valence-electron chi connectivity index (χ3n) is 14.5. The Labute approximate surface area is 353 Å². The predicted octanol–water partition coefficient (Wildman–Crippen LogP) is 13.1. The van der Waals surface area contributed by atoms with E-state index in [4.69, 9.17) is 0 Å². The second-order valence-corrected chi connectivity index (χ2v) is 17.2. The SMILES string of the molecule is OCC1(CCC2(CO)c3ccccc3-c3ccccc32)c2ccccc2-c2ccccc21.c1ccc2c(c1)-c1ccccc1C2CCC1c2ccccc2-c2ccccc21. The van der Waals surface area contributed by atoms with Crippen LogP contribution in [0.4, 0.5) is 0 Å². The van der Waals surface area contributed by atoms with Crippen molar-refractivity contribution in [3.63, 3.8) is 0 Å². The van der Waals surface area contributed by atoms with Crippen molar-refractivity contribution in [3.8, 4) is 44.5 Å². The minimum Gasteiger partial charge on any atom is -0.395 e. The monoisotopic (exact) mass is 776 g/mol. The summed E-state index contributed by atoms with van der Waals surface area (Å²) in [7, 11) is 0. The van der Waals surface area contributed by atoms with Crippen LogP contribution < -0.4 is 0 Å². The van der Waals surface area contributed by atoms with E-state index in [1.165, 1.54) is 102 Å². The summed E-state index contributed by atoms with van der Waals surface area (Å²) in [5.41, 5.74) is 20.4. The highest BCUT2D eigenvalue weighted by molar-refractivity contribution is 5.84. The molecule has 2 nitrogen and oxygen atoms in total. The summed E-state index contributed by atoms with van der Waals surface area (Å²) < 4.78 is 0. The lowest BCUT2D eigenvalue weighted by atomic mass is 9.68. The van der Waals surface area contributed by atoms with Crippen LogP contribution in [0, 0.1) is 0 Å². The first-order valence-corrected chi connectivity index (χ1v) is 21.6. The molecule has 0 amide bonds. The molecule has 8 aromatic carbocycles. The molecule has 12 rings (SSSR count). The second kappa shape index (κ2) is 14.7. The summed E-state index contributed by atoms with van der Waals surface area (Å²) in [6.07, 6.45) is 3.87. The van der Waals surface area contributed by atoms with Gasteiger partial charge in [0.05, 0.1) is 13.2 Å². The van der Waals surface area contributed by atoms with Crippen LogP contribution in [0.2, 0.25) is 0 Å². The van der Waals surface area contributed by atoms with Crippen LogP contribution in [0.25, 0.3) is 44.5 Å². The molecule has 4 aliphatic carbocycles. The van der Waals surface area contributed by atoms with Crippen molar-refractivity contribution >= 4 is 0 Å². The fraction of sp³-hybridized carbons (Fsp3) is 0.172. The van der Waals surface area contributed by atoms with Gasteiger partial charge in [0.25, 0.3) is 0 Å². The highest BCUT2D eigenvalue weighted by atomic mass is 16.3. The molecular formula is C58H48O2. The quantitative estimate of drug-likeness (QED) is 0.161. The van der Waals surface area contributed by atoms with Gasteiger partial charge in [-0.15, -0.1) is 0 Å². The molecule has 0 atom stereocenters. The third kappa shape index (κ3) is 5.48. The average molecular weight is 777 g/mol. The van der Waals surface area contributed by atoms with E-state index in [1.54, 1.807) is 0 Å². The fourth-order valence-electron chi connectivity index (χ4n) is 11.8. The molecule has 0 spiro atoms. The Morgan fingerprint density at radius 1 is 0.283 bits per heavy atom. The van der Waals surface area contributed by atoms with Gasteiger partial charge in [-0.3, -0.25) is 0 Å². The molecule has 8 aromatic rings. The lowest BCUT2D eigenvalue weighted by Gasteiger charge is -2.36. The summed E-state index contributed by atoms with van der Waals surface area (Å²) in [5, 5.41) is 21.7. The van der Waals surface area contributed by atoms with Crippen LogP contribution in [0.3, 0.4) is 0 Å². The molecular weight excluding hydrogens is 729 g/mol. The molecule has 0 fully saturated rings. The molecule has 0 saturated heterocycles. The summed E-state index contributed by atoms with van der Waals surface area (Å²) in [5.74, 6) is 1.01. The zero-order chi connectivity index (χ0) is 40.3.